The minimum Gasteiger partial charge on any atom is -0.486 e. The topological polar surface area (TPSA) is 129 Å². The van der Waals surface area contributed by atoms with Crippen molar-refractivity contribution < 1.29 is 33.5 Å². The number of rotatable bonds is 6. The summed E-state index contributed by atoms with van der Waals surface area (Å²) in [6, 6.07) is 9.07. The van der Waals surface area contributed by atoms with Crippen LogP contribution in [0.3, 0.4) is 0 Å². The third kappa shape index (κ3) is 5.14. The molecule has 2 aliphatic heterocycles. The van der Waals surface area contributed by atoms with Gasteiger partial charge in [-0.3, -0.25) is 14.9 Å². The lowest BCUT2D eigenvalue weighted by Gasteiger charge is -2.28. The van der Waals surface area contributed by atoms with Gasteiger partial charge in [-0.25, -0.2) is 4.79 Å². The minimum absolute atomic E-state index is 0.0160. The molecule has 0 spiro atoms. The molecule has 33 heavy (non-hydrogen) atoms. The van der Waals surface area contributed by atoms with Gasteiger partial charge in [0.1, 0.15) is 18.9 Å². The van der Waals surface area contributed by atoms with Crippen LogP contribution in [-0.2, 0) is 14.3 Å². The van der Waals surface area contributed by atoms with Gasteiger partial charge >= 0.3 is 5.97 Å². The number of nitro benzene ring substituents is 1. The molecule has 0 aromatic heterocycles. The second-order valence-corrected chi connectivity index (χ2v) is 7.46. The third-order valence-corrected chi connectivity index (χ3v) is 5.22. The predicted molar refractivity (Wildman–Crippen MR) is 117 cm³/mol. The van der Waals surface area contributed by atoms with Crippen molar-refractivity contribution in [3.8, 4) is 11.5 Å². The van der Waals surface area contributed by atoms with Crippen molar-refractivity contribution in [2.75, 3.05) is 49.7 Å². The van der Waals surface area contributed by atoms with Gasteiger partial charge in [-0.15, -0.1) is 0 Å². The van der Waals surface area contributed by atoms with Crippen LogP contribution in [0.5, 0.6) is 11.5 Å². The Morgan fingerprint density at radius 3 is 2.52 bits per heavy atom. The van der Waals surface area contributed by atoms with Crippen molar-refractivity contribution in [1.29, 1.82) is 0 Å². The predicted octanol–water partition coefficient (Wildman–Crippen LogP) is 2.39. The summed E-state index contributed by atoms with van der Waals surface area (Å²) < 4.78 is 21.5. The van der Waals surface area contributed by atoms with Crippen molar-refractivity contribution in [2.45, 2.75) is 13.0 Å². The zero-order chi connectivity index (χ0) is 23.4. The molecule has 0 radical (unpaired) electrons. The SMILES string of the molecule is C[C@@H](OC(=O)c1ccc(N2CCOCC2)c([N+](=O)[O-])c1)C(=O)Nc1ccc2c(c1)OCCO2. The number of hydrogen-bond donors (Lipinski definition) is 1. The number of morpholine rings is 1. The van der Waals surface area contributed by atoms with Crippen LogP contribution in [0.1, 0.15) is 17.3 Å². The number of nitrogens with zero attached hydrogens (tertiary/aromatic N) is 2. The molecular formula is C22H23N3O8. The molecule has 174 valence electrons. The number of anilines is 2. The van der Waals surface area contributed by atoms with Gasteiger partial charge in [-0.1, -0.05) is 0 Å². The third-order valence-electron chi connectivity index (χ3n) is 5.22. The average Bonchev–Trinajstić information content (AvgIpc) is 2.84. The number of carbonyl (C=O) groups is 2. The molecule has 0 unspecified atom stereocenters. The number of nitrogens with one attached hydrogen (secondary N) is 1. The lowest BCUT2D eigenvalue weighted by atomic mass is 10.1. The molecule has 2 heterocycles. The van der Waals surface area contributed by atoms with E-state index in [-0.39, 0.29) is 11.3 Å². The van der Waals surface area contributed by atoms with Gasteiger partial charge in [0, 0.05) is 30.9 Å². The van der Waals surface area contributed by atoms with E-state index in [1.54, 1.807) is 18.2 Å². The Morgan fingerprint density at radius 2 is 1.79 bits per heavy atom. The maximum Gasteiger partial charge on any atom is 0.339 e. The molecule has 1 fully saturated rings. The van der Waals surface area contributed by atoms with E-state index in [0.717, 1.165) is 0 Å². The van der Waals surface area contributed by atoms with Gasteiger partial charge in [0.05, 0.1) is 23.7 Å². The highest BCUT2D eigenvalue weighted by atomic mass is 16.6. The fraction of sp³-hybridized carbons (Fsp3) is 0.364. The second kappa shape index (κ2) is 9.74. The van der Waals surface area contributed by atoms with E-state index < -0.39 is 22.9 Å². The van der Waals surface area contributed by atoms with Crippen LogP contribution in [0.2, 0.25) is 0 Å². The molecule has 1 atom stereocenters. The fourth-order valence-electron chi connectivity index (χ4n) is 3.52. The maximum absolute atomic E-state index is 12.6. The number of fused-ring (bicyclic) bond motifs is 1. The molecule has 2 aromatic carbocycles. The summed E-state index contributed by atoms with van der Waals surface area (Å²) in [6.07, 6.45) is -1.14. The van der Waals surface area contributed by atoms with E-state index in [1.807, 2.05) is 4.90 Å². The van der Waals surface area contributed by atoms with Crippen LogP contribution in [0.25, 0.3) is 0 Å². The van der Waals surface area contributed by atoms with Crippen LogP contribution < -0.4 is 19.7 Å². The molecular weight excluding hydrogens is 434 g/mol. The van der Waals surface area contributed by atoms with Crippen LogP contribution >= 0.6 is 0 Å². The second-order valence-electron chi connectivity index (χ2n) is 7.46. The van der Waals surface area contributed by atoms with Gasteiger partial charge in [0.25, 0.3) is 11.6 Å². The fourth-order valence-corrected chi connectivity index (χ4v) is 3.52. The minimum atomic E-state index is -1.14. The number of ether oxygens (including phenoxy) is 4. The summed E-state index contributed by atoms with van der Waals surface area (Å²) in [5, 5.41) is 14.2. The highest BCUT2D eigenvalue weighted by Gasteiger charge is 2.26. The summed E-state index contributed by atoms with van der Waals surface area (Å²) in [4.78, 5) is 37.9. The van der Waals surface area contributed by atoms with Gasteiger partial charge in [-0.2, -0.15) is 0 Å². The van der Waals surface area contributed by atoms with Gasteiger partial charge in [0.15, 0.2) is 17.6 Å². The highest BCUT2D eigenvalue weighted by Crippen LogP contribution is 2.33. The molecule has 11 nitrogen and oxygen atoms in total. The van der Waals surface area contributed by atoms with Gasteiger partial charge < -0.3 is 29.2 Å². The lowest BCUT2D eigenvalue weighted by molar-refractivity contribution is -0.384. The van der Waals surface area contributed by atoms with E-state index in [1.165, 1.54) is 25.1 Å². The lowest BCUT2D eigenvalue weighted by Crippen LogP contribution is -2.36. The van der Waals surface area contributed by atoms with Gasteiger partial charge in [0.2, 0.25) is 0 Å². The van der Waals surface area contributed by atoms with Crippen molar-refractivity contribution in [3.63, 3.8) is 0 Å². The van der Waals surface area contributed by atoms with Crippen LogP contribution in [0.15, 0.2) is 36.4 Å². The normalized spacial score (nSPS) is 16.0. The average molecular weight is 457 g/mol. The first-order chi connectivity index (χ1) is 15.9. The first-order valence-electron chi connectivity index (χ1n) is 10.4. The number of nitro groups is 1. The smallest absolute Gasteiger partial charge is 0.339 e. The first kappa shape index (κ1) is 22.3. The monoisotopic (exact) mass is 457 g/mol. The van der Waals surface area contributed by atoms with Crippen LogP contribution in [0.4, 0.5) is 17.1 Å². The van der Waals surface area contributed by atoms with Crippen LogP contribution in [0, 0.1) is 10.1 Å². The molecule has 2 aromatic rings. The number of carbonyl (C=O) groups excluding carboxylic acids is 2. The maximum atomic E-state index is 12.6. The van der Waals surface area contributed by atoms with Crippen molar-refractivity contribution in [1.82, 2.24) is 0 Å². The Hall–Kier alpha value is -3.86. The molecule has 1 amide bonds. The molecule has 1 saturated heterocycles. The number of benzene rings is 2. The zero-order valence-corrected chi connectivity index (χ0v) is 17.9. The van der Waals surface area contributed by atoms with Crippen molar-refractivity contribution >= 4 is 28.9 Å². The molecule has 2 aliphatic rings. The van der Waals surface area contributed by atoms with E-state index >= 15 is 0 Å². The molecule has 0 aliphatic carbocycles. The van der Waals surface area contributed by atoms with E-state index in [9.17, 15) is 19.7 Å². The summed E-state index contributed by atoms with van der Waals surface area (Å²) >= 11 is 0. The molecule has 1 N–H and O–H groups in total. The summed E-state index contributed by atoms with van der Waals surface area (Å²) in [7, 11) is 0. The Bertz CT molecular complexity index is 1070. The molecule has 0 bridgehead atoms. The first-order valence-corrected chi connectivity index (χ1v) is 10.4. The Balaban J connectivity index is 1.42. The largest absolute Gasteiger partial charge is 0.486 e. The highest BCUT2D eigenvalue weighted by molar-refractivity contribution is 5.98. The van der Waals surface area contributed by atoms with E-state index in [0.29, 0.717) is 62.4 Å². The Labute approximate surface area is 189 Å². The summed E-state index contributed by atoms with van der Waals surface area (Å²) in [6.45, 7) is 4.26. The summed E-state index contributed by atoms with van der Waals surface area (Å²) in [5.41, 5.74) is 0.638. The Morgan fingerprint density at radius 1 is 1.06 bits per heavy atom. The number of esters is 1. The van der Waals surface area contributed by atoms with Crippen molar-refractivity contribution in [3.05, 3.63) is 52.1 Å². The number of amides is 1. The number of hydrogen-bond acceptors (Lipinski definition) is 9. The molecule has 4 rings (SSSR count). The Kier molecular flexibility index (Phi) is 6.59. The molecule has 0 saturated carbocycles. The standard InChI is InChI=1S/C22H23N3O8/c1-14(21(26)23-16-3-5-19-20(13-16)32-11-10-31-19)33-22(27)15-2-4-17(18(12-15)25(28)29)24-6-8-30-9-7-24/h2-5,12-14H,6-11H2,1H3,(H,23,26)/t14-/m1/s1. The van der Waals surface area contributed by atoms with Crippen LogP contribution in [-0.4, -0.2) is 62.4 Å². The zero-order valence-electron chi connectivity index (χ0n) is 17.9. The van der Waals surface area contributed by atoms with Gasteiger partial charge in [-0.05, 0) is 31.2 Å². The molecule has 11 heteroatoms. The van der Waals surface area contributed by atoms with Crippen molar-refractivity contribution in [2.24, 2.45) is 0 Å². The summed E-state index contributed by atoms with van der Waals surface area (Å²) in [5.74, 6) is -0.298. The van der Waals surface area contributed by atoms with E-state index in [4.69, 9.17) is 18.9 Å². The quantitative estimate of drug-likeness (QED) is 0.395. The van der Waals surface area contributed by atoms with E-state index in [2.05, 4.69) is 5.32 Å².